The van der Waals surface area contributed by atoms with Crippen LogP contribution in [0.4, 0.5) is 5.13 Å². The summed E-state index contributed by atoms with van der Waals surface area (Å²) in [5, 5.41) is 10.1. The molecule has 3 aromatic rings. The molecule has 0 aliphatic rings. The molecule has 1 amide bonds. The average molecular weight is 415 g/mol. The zero-order valence-corrected chi connectivity index (χ0v) is 16.7. The zero-order chi connectivity index (χ0) is 20.0. The zero-order valence-electron chi connectivity index (χ0n) is 15.0. The molecular formula is C19H18N4O3S2. The van der Waals surface area contributed by atoms with E-state index in [1.807, 2.05) is 60.7 Å². The standard InChI is InChI=1S/C19H18N4O3S2/c1-23(14-16-10-6-3-7-11-16)28(25,26)19-22-21-18(27-19)20-17(24)13-12-15-8-4-2-5-9-15/h2-13H,14H2,1H3,(H,20,21,24). The SMILES string of the molecule is CN(Cc1ccccc1)S(=O)(=O)c1nnc(NC(=O)C=Cc2ccccc2)s1. The molecule has 2 aromatic carbocycles. The Hall–Kier alpha value is -2.88. The Morgan fingerprint density at radius 3 is 2.39 bits per heavy atom. The Morgan fingerprint density at radius 2 is 1.71 bits per heavy atom. The van der Waals surface area contributed by atoms with E-state index >= 15 is 0 Å². The highest BCUT2D eigenvalue weighted by atomic mass is 32.2. The van der Waals surface area contributed by atoms with Crippen LogP contribution in [0.1, 0.15) is 11.1 Å². The van der Waals surface area contributed by atoms with Crippen molar-refractivity contribution >= 4 is 38.5 Å². The van der Waals surface area contributed by atoms with Gasteiger partial charge in [-0.2, -0.15) is 4.31 Å². The Bertz CT molecular complexity index is 1060. The highest BCUT2D eigenvalue weighted by Crippen LogP contribution is 2.23. The molecule has 3 rings (SSSR count). The van der Waals surface area contributed by atoms with Gasteiger partial charge in [-0.05, 0) is 17.2 Å². The fourth-order valence-electron chi connectivity index (χ4n) is 2.31. The maximum absolute atomic E-state index is 12.7. The van der Waals surface area contributed by atoms with Gasteiger partial charge in [-0.25, -0.2) is 8.42 Å². The third-order valence-electron chi connectivity index (χ3n) is 3.74. The minimum atomic E-state index is -3.80. The van der Waals surface area contributed by atoms with Gasteiger partial charge >= 0.3 is 0 Å². The van der Waals surface area contributed by atoms with E-state index in [9.17, 15) is 13.2 Å². The topological polar surface area (TPSA) is 92.3 Å². The highest BCUT2D eigenvalue weighted by Gasteiger charge is 2.26. The lowest BCUT2D eigenvalue weighted by atomic mass is 10.2. The predicted octanol–water partition coefficient (Wildman–Crippen LogP) is 3.01. The van der Waals surface area contributed by atoms with Crippen LogP contribution in [0, 0.1) is 0 Å². The van der Waals surface area contributed by atoms with Gasteiger partial charge in [-0.1, -0.05) is 72.0 Å². The maximum atomic E-state index is 12.7. The second-order valence-corrected chi connectivity index (χ2v) is 9.05. The average Bonchev–Trinajstić information content (AvgIpc) is 3.17. The Kier molecular flexibility index (Phi) is 6.30. The molecule has 7 nitrogen and oxygen atoms in total. The molecule has 0 fully saturated rings. The molecule has 0 aliphatic carbocycles. The molecule has 0 saturated heterocycles. The summed E-state index contributed by atoms with van der Waals surface area (Å²) >= 11 is 0.811. The monoisotopic (exact) mass is 414 g/mol. The lowest BCUT2D eigenvalue weighted by Gasteiger charge is -2.14. The van der Waals surface area contributed by atoms with Crippen molar-refractivity contribution in [2.75, 3.05) is 12.4 Å². The van der Waals surface area contributed by atoms with E-state index in [-0.39, 0.29) is 16.0 Å². The third kappa shape index (κ3) is 5.10. The summed E-state index contributed by atoms with van der Waals surface area (Å²) in [5.41, 5.74) is 1.73. The van der Waals surface area contributed by atoms with Crippen LogP contribution in [-0.4, -0.2) is 35.9 Å². The van der Waals surface area contributed by atoms with Crippen LogP contribution in [0.15, 0.2) is 71.1 Å². The van der Waals surface area contributed by atoms with Crippen LogP contribution in [0.2, 0.25) is 0 Å². The van der Waals surface area contributed by atoms with Crippen LogP contribution in [-0.2, 0) is 21.4 Å². The smallest absolute Gasteiger partial charge is 0.272 e. The Labute approximate surface area is 167 Å². The van der Waals surface area contributed by atoms with E-state index in [2.05, 4.69) is 15.5 Å². The van der Waals surface area contributed by atoms with Crippen molar-refractivity contribution in [3.63, 3.8) is 0 Å². The van der Waals surface area contributed by atoms with Crippen molar-refractivity contribution in [3.8, 4) is 0 Å². The normalized spacial score (nSPS) is 11.8. The molecule has 1 N–H and O–H groups in total. The number of carbonyl (C=O) groups excluding carboxylic acids is 1. The van der Waals surface area contributed by atoms with Crippen molar-refractivity contribution < 1.29 is 13.2 Å². The molecule has 9 heteroatoms. The number of aromatic nitrogens is 2. The van der Waals surface area contributed by atoms with Crippen molar-refractivity contribution in [2.45, 2.75) is 10.9 Å². The van der Waals surface area contributed by atoms with E-state index < -0.39 is 15.9 Å². The molecule has 28 heavy (non-hydrogen) atoms. The first-order valence-electron chi connectivity index (χ1n) is 8.33. The van der Waals surface area contributed by atoms with E-state index in [1.165, 1.54) is 17.4 Å². The number of benzene rings is 2. The molecule has 0 atom stereocenters. The van der Waals surface area contributed by atoms with E-state index in [0.29, 0.717) is 0 Å². The Balaban J connectivity index is 1.65. The first kappa shape index (κ1) is 19.9. The summed E-state index contributed by atoms with van der Waals surface area (Å²) < 4.78 is 26.3. The quantitative estimate of drug-likeness (QED) is 0.474. The lowest BCUT2D eigenvalue weighted by molar-refractivity contribution is -0.111. The first-order chi connectivity index (χ1) is 13.4. The van der Waals surface area contributed by atoms with Crippen LogP contribution in [0.3, 0.4) is 0 Å². The molecule has 0 unspecified atom stereocenters. The number of hydrogen-bond acceptors (Lipinski definition) is 6. The number of hydrogen-bond donors (Lipinski definition) is 1. The molecule has 1 aromatic heterocycles. The number of rotatable bonds is 7. The van der Waals surface area contributed by atoms with Crippen molar-refractivity contribution in [3.05, 3.63) is 77.9 Å². The number of sulfonamides is 1. The van der Waals surface area contributed by atoms with Crippen LogP contribution >= 0.6 is 11.3 Å². The number of carbonyl (C=O) groups is 1. The van der Waals surface area contributed by atoms with Gasteiger partial charge in [0.25, 0.3) is 10.0 Å². The first-order valence-corrected chi connectivity index (χ1v) is 10.6. The minimum absolute atomic E-state index is 0.120. The molecule has 144 valence electrons. The second kappa shape index (κ2) is 8.87. The van der Waals surface area contributed by atoms with Crippen LogP contribution < -0.4 is 5.32 Å². The Morgan fingerprint density at radius 1 is 1.07 bits per heavy atom. The summed E-state index contributed by atoms with van der Waals surface area (Å²) in [6.07, 6.45) is 3.01. The molecular weight excluding hydrogens is 396 g/mol. The summed E-state index contributed by atoms with van der Waals surface area (Å²) in [6.45, 7) is 0.213. The van der Waals surface area contributed by atoms with Crippen molar-refractivity contribution in [2.24, 2.45) is 0 Å². The number of nitrogens with one attached hydrogen (secondary N) is 1. The van der Waals surface area contributed by atoms with E-state index in [0.717, 1.165) is 22.5 Å². The molecule has 0 spiro atoms. The third-order valence-corrected chi connectivity index (χ3v) is 6.73. The molecule has 1 heterocycles. The summed E-state index contributed by atoms with van der Waals surface area (Å²) in [6, 6.07) is 18.6. The summed E-state index contributed by atoms with van der Waals surface area (Å²) in [5.74, 6) is -0.415. The fourth-order valence-corrected chi connectivity index (χ4v) is 4.56. The van der Waals surface area contributed by atoms with Crippen molar-refractivity contribution in [1.82, 2.24) is 14.5 Å². The van der Waals surface area contributed by atoms with Gasteiger partial charge in [0.1, 0.15) is 0 Å². The van der Waals surface area contributed by atoms with Gasteiger partial charge in [0.2, 0.25) is 15.4 Å². The number of anilines is 1. The highest BCUT2D eigenvalue weighted by molar-refractivity contribution is 7.91. The lowest BCUT2D eigenvalue weighted by Crippen LogP contribution is -2.26. The van der Waals surface area contributed by atoms with Gasteiger partial charge in [-0.15, -0.1) is 10.2 Å². The van der Waals surface area contributed by atoms with Gasteiger partial charge in [-0.3, -0.25) is 10.1 Å². The van der Waals surface area contributed by atoms with Gasteiger partial charge in [0.05, 0.1) is 0 Å². The van der Waals surface area contributed by atoms with Gasteiger partial charge in [0, 0.05) is 19.7 Å². The second-order valence-electron chi connectivity index (χ2n) is 5.85. The number of nitrogens with zero attached hydrogens (tertiary/aromatic N) is 3. The summed E-state index contributed by atoms with van der Waals surface area (Å²) in [7, 11) is -2.32. The number of amides is 1. The predicted molar refractivity (Wildman–Crippen MR) is 109 cm³/mol. The van der Waals surface area contributed by atoms with Gasteiger partial charge < -0.3 is 0 Å². The van der Waals surface area contributed by atoms with Crippen LogP contribution in [0.25, 0.3) is 6.08 Å². The van der Waals surface area contributed by atoms with Crippen LogP contribution in [0.5, 0.6) is 0 Å². The molecule has 0 radical (unpaired) electrons. The van der Waals surface area contributed by atoms with Crippen molar-refractivity contribution in [1.29, 1.82) is 0 Å². The molecule has 0 saturated carbocycles. The summed E-state index contributed by atoms with van der Waals surface area (Å²) in [4.78, 5) is 12.0. The largest absolute Gasteiger partial charge is 0.297 e. The minimum Gasteiger partial charge on any atom is -0.297 e. The maximum Gasteiger partial charge on any atom is 0.272 e. The van der Waals surface area contributed by atoms with Gasteiger partial charge in [0.15, 0.2) is 0 Å². The van der Waals surface area contributed by atoms with E-state index in [1.54, 1.807) is 6.08 Å². The molecule has 0 aliphatic heterocycles. The fraction of sp³-hybridized carbons (Fsp3) is 0.105. The molecule has 0 bridgehead atoms. The van der Waals surface area contributed by atoms with E-state index in [4.69, 9.17) is 0 Å².